The molecule has 1 aliphatic rings. The maximum Gasteiger partial charge on any atom is 0.263 e. The lowest BCUT2D eigenvalue weighted by molar-refractivity contribution is 0.0957. The van der Waals surface area contributed by atoms with E-state index in [0.29, 0.717) is 18.0 Å². The molecule has 1 aromatic heterocycles. The minimum Gasteiger partial charge on any atom is -0.354 e. The van der Waals surface area contributed by atoms with Crippen LogP contribution in [0, 0.1) is 12.8 Å². The van der Waals surface area contributed by atoms with Gasteiger partial charge in [-0.2, -0.15) is 0 Å². The zero-order valence-corrected chi connectivity index (χ0v) is 17.1. The molecular formula is C15H26IN5OS. The first-order valence-corrected chi connectivity index (χ1v) is 8.63. The second-order valence-electron chi connectivity index (χ2n) is 5.67. The molecule has 0 spiro atoms. The first-order valence-electron chi connectivity index (χ1n) is 7.75. The number of carbonyl (C=O) groups excluding carboxylic acids is 1. The summed E-state index contributed by atoms with van der Waals surface area (Å²) in [5.74, 6) is 1.68. The van der Waals surface area contributed by atoms with Crippen molar-refractivity contribution in [1.82, 2.24) is 20.5 Å². The van der Waals surface area contributed by atoms with Crippen LogP contribution in [0.2, 0.25) is 0 Å². The number of aliphatic imine (C=N–C) groups is 1. The molecule has 1 aliphatic heterocycles. The molecule has 1 aromatic rings. The van der Waals surface area contributed by atoms with E-state index in [0.717, 1.165) is 30.7 Å². The van der Waals surface area contributed by atoms with Gasteiger partial charge >= 0.3 is 0 Å². The van der Waals surface area contributed by atoms with E-state index in [1.54, 1.807) is 12.6 Å². The van der Waals surface area contributed by atoms with E-state index in [1.165, 1.54) is 24.2 Å². The van der Waals surface area contributed by atoms with Gasteiger partial charge in [0.2, 0.25) is 0 Å². The second-order valence-corrected chi connectivity index (χ2v) is 6.52. The molecule has 8 heteroatoms. The first-order chi connectivity index (χ1) is 10.6. The lowest BCUT2D eigenvalue weighted by Gasteiger charge is -2.32. The zero-order chi connectivity index (χ0) is 15.9. The van der Waals surface area contributed by atoms with Gasteiger partial charge in [-0.15, -0.1) is 35.3 Å². The largest absolute Gasteiger partial charge is 0.354 e. The molecule has 0 radical (unpaired) electrons. The van der Waals surface area contributed by atoms with Crippen LogP contribution in [-0.2, 0) is 0 Å². The Balaban J connectivity index is 0.00000264. The normalized spacial score (nSPS) is 16.0. The van der Waals surface area contributed by atoms with Crippen LogP contribution in [0.1, 0.15) is 35.1 Å². The van der Waals surface area contributed by atoms with Gasteiger partial charge in [0.05, 0.1) is 11.2 Å². The Morgan fingerprint density at radius 2 is 2.04 bits per heavy atom. The number of aryl methyl sites for hydroxylation is 1. The van der Waals surface area contributed by atoms with Crippen LogP contribution in [0.3, 0.4) is 0 Å². The van der Waals surface area contributed by atoms with Crippen molar-refractivity contribution in [3.05, 3.63) is 16.1 Å². The molecule has 0 saturated carbocycles. The molecule has 1 amide bonds. The predicted octanol–water partition coefficient (Wildman–Crippen LogP) is 2.11. The van der Waals surface area contributed by atoms with Crippen molar-refractivity contribution in [2.24, 2.45) is 10.9 Å². The van der Waals surface area contributed by atoms with E-state index in [9.17, 15) is 4.79 Å². The minimum atomic E-state index is -0.0522. The van der Waals surface area contributed by atoms with Crippen molar-refractivity contribution >= 4 is 47.2 Å². The van der Waals surface area contributed by atoms with Crippen molar-refractivity contribution < 1.29 is 4.79 Å². The van der Waals surface area contributed by atoms with E-state index in [1.807, 2.05) is 6.92 Å². The van der Waals surface area contributed by atoms with Crippen LogP contribution in [0.25, 0.3) is 0 Å². The third-order valence-electron chi connectivity index (χ3n) is 3.94. The highest BCUT2D eigenvalue weighted by Gasteiger charge is 2.18. The van der Waals surface area contributed by atoms with E-state index in [4.69, 9.17) is 0 Å². The third-order valence-corrected chi connectivity index (χ3v) is 4.87. The molecule has 2 heterocycles. The summed E-state index contributed by atoms with van der Waals surface area (Å²) >= 11 is 1.37. The van der Waals surface area contributed by atoms with Gasteiger partial charge in [0.15, 0.2) is 5.96 Å². The van der Waals surface area contributed by atoms with Crippen molar-refractivity contribution in [3.8, 4) is 0 Å². The smallest absolute Gasteiger partial charge is 0.263 e. The monoisotopic (exact) mass is 451 g/mol. The van der Waals surface area contributed by atoms with Crippen LogP contribution in [-0.4, -0.2) is 55.0 Å². The predicted molar refractivity (Wildman–Crippen MR) is 106 cm³/mol. The van der Waals surface area contributed by atoms with Crippen LogP contribution < -0.4 is 10.6 Å². The Morgan fingerprint density at radius 3 is 2.61 bits per heavy atom. The summed E-state index contributed by atoms with van der Waals surface area (Å²) in [4.78, 5) is 23.4. The number of rotatable bonds is 4. The molecule has 6 nitrogen and oxygen atoms in total. The molecule has 1 saturated heterocycles. The van der Waals surface area contributed by atoms with E-state index < -0.39 is 0 Å². The number of hydrogen-bond acceptors (Lipinski definition) is 4. The van der Waals surface area contributed by atoms with Crippen molar-refractivity contribution in [2.75, 3.05) is 33.2 Å². The highest BCUT2D eigenvalue weighted by molar-refractivity contribution is 14.0. The highest BCUT2D eigenvalue weighted by atomic mass is 127. The molecule has 0 aromatic carbocycles. The minimum absolute atomic E-state index is 0. The van der Waals surface area contributed by atoms with Crippen LogP contribution >= 0.6 is 35.3 Å². The number of halogens is 1. The molecular weight excluding hydrogens is 425 g/mol. The van der Waals surface area contributed by atoms with Crippen molar-refractivity contribution in [1.29, 1.82) is 0 Å². The highest BCUT2D eigenvalue weighted by Crippen LogP contribution is 2.15. The molecule has 1 fully saturated rings. The fraction of sp³-hybridized carbons (Fsp3) is 0.667. The number of piperidine rings is 1. The molecule has 0 atom stereocenters. The number of nitrogens with zero attached hydrogens (tertiary/aromatic N) is 3. The number of hydrogen-bond donors (Lipinski definition) is 2. The van der Waals surface area contributed by atoms with E-state index in [-0.39, 0.29) is 29.9 Å². The number of guanidine groups is 1. The number of carbonyl (C=O) groups is 1. The summed E-state index contributed by atoms with van der Waals surface area (Å²) in [7, 11) is 1.81. The molecule has 130 valence electrons. The maximum atomic E-state index is 12.0. The van der Waals surface area contributed by atoms with Crippen LogP contribution in [0.15, 0.2) is 10.5 Å². The molecule has 0 bridgehead atoms. The van der Waals surface area contributed by atoms with Gasteiger partial charge in [-0.3, -0.25) is 9.79 Å². The zero-order valence-electron chi connectivity index (χ0n) is 14.0. The van der Waals surface area contributed by atoms with Crippen molar-refractivity contribution in [2.45, 2.75) is 26.7 Å². The molecule has 23 heavy (non-hydrogen) atoms. The fourth-order valence-electron chi connectivity index (χ4n) is 2.50. The Morgan fingerprint density at radius 1 is 1.39 bits per heavy atom. The van der Waals surface area contributed by atoms with Gasteiger partial charge in [-0.25, -0.2) is 4.98 Å². The number of likely N-dealkylation sites (tertiary alicyclic amines) is 1. The molecule has 2 N–H and O–H groups in total. The average Bonchev–Trinajstić information content (AvgIpc) is 2.94. The molecule has 0 aliphatic carbocycles. The van der Waals surface area contributed by atoms with Gasteiger partial charge in [0.25, 0.3) is 5.91 Å². The average molecular weight is 451 g/mol. The lowest BCUT2D eigenvalue weighted by atomic mass is 10.00. The Kier molecular flexibility index (Phi) is 8.82. The Labute approximate surface area is 159 Å². The summed E-state index contributed by atoms with van der Waals surface area (Å²) in [5, 5.41) is 6.23. The standard InChI is InChI=1S/C15H25N5OS.HI/c1-11-4-8-20(9-5-11)15(16-3)18-7-6-17-14(21)13-12(2)19-10-22-13;/h10-11H,4-9H2,1-3H3,(H,16,18)(H,17,21);1H. The van der Waals surface area contributed by atoms with Gasteiger partial charge in [-0.05, 0) is 25.7 Å². The van der Waals surface area contributed by atoms with E-state index in [2.05, 4.69) is 32.4 Å². The summed E-state index contributed by atoms with van der Waals surface area (Å²) in [6.45, 7) is 7.48. The summed E-state index contributed by atoms with van der Waals surface area (Å²) < 4.78 is 0. The number of aromatic nitrogens is 1. The molecule has 2 rings (SSSR count). The number of amides is 1. The third kappa shape index (κ3) is 5.91. The maximum absolute atomic E-state index is 12.0. The second kappa shape index (κ2) is 10.1. The van der Waals surface area contributed by atoms with Gasteiger partial charge in [-0.1, -0.05) is 6.92 Å². The first kappa shape index (κ1) is 20.1. The van der Waals surface area contributed by atoms with Gasteiger partial charge < -0.3 is 15.5 Å². The van der Waals surface area contributed by atoms with Gasteiger partial charge in [0.1, 0.15) is 4.88 Å². The topological polar surface area (TPSA) is 69.6 Å². The summed E-state index contributed by atoms with van der Waals surface area (Å²) in [6.07, 6.45) is 2.42. The van der Waals surface area contributed by atoms with Gasteiger partial charge in [0, 0.05) is 33.2 Å². The quantitative estimate of drug-likeness (QED) is 0.319. The summed E-state index contributed by atoms with van der Waals surface area (Å²) in [5.41, 5.74) is 2.48. The Hall–Kier alpha value is -0.900. The van der Waals surface area contributed by atoms with Crippen LogP contribution in [0.4, 0.5) is 0 Å². The number of thiazole rings is 1. The summed E-state index contributed by atoms with van der Waals surface area (Å²) in [6, 6.07) is 0. The lowest BCUT2D eigenvalue weighted by Crippen LogP contribution is -2.47. The Bertz CT molecular complexity index is 526. The fourth-order valence-corrected chi connectivity index (χ4v) is 3.22. The molecule has 0 unspecified atom stereocenters. The SMILES string of the molecule is CN=C(NCCNC(=O)c1scnc1C)N1CCC(C)CC1.I. The van der Waals surface area contributed by atoms with Crippen LogP contribution in [0.5, 0.6) is 0 Å². The van der Waals surface area contributed by atoms with E-state index >= 15 is 0 Å². The number of nitrogens with one attached hydrogen (secondary N) is 2. The van der Waals surface area contributed by atoms with Crippen molar-refractivity contribution in [3.63, 3.8) is 0 Å².